The van der Waals surface area contributed by atoms with Crippen LogP contribution in [0.5, 0.6) is 0 Å². The van der Waals surface area contributed by atoms with Gasteiger partial charge in [-0.1, -0.05) is 6.42 Å². The van der Waals surface area contributed by atoms with E-state index in [-0.39, 0.29) is 0 Å². The van der Waals surface area contributed by atoms with Crippen molar-refractivity contribution in [2.45, 2.75) is 32.1 Å². The number of hydrogen-bond acceptors (Lipinski definition) is 3. The Bertz CT molecular complexity index is 113. The van der Waals surface area contributed by atoms with E-state index < -0.39 is 0 Å². The number of nitrogens with one attached hydrogen (secondary N) is 1. The first-order valence-corrected chi connectivity index (χ1v) is 5.44. The Balaban J connectivity index is 1.86. The summed E-state index contributed by atoms with van der Waals surface area (Å²) in [7, 11) is 1.81. The molecule has 0 spiro atoms. The summed E-state index contributed by atoms with van der Waals surface area (Å²) in [4.78, 5) is 7.63. The molecule has 1 saturated heterocycles. The second kappa shape index (κ2) is 7.30. The summed E-state index contributed by atoms with van der Waals surface area (Å²) < 4.78 is 0. The normalized spacial score (nSPS) is 19.2. The lowest BCUT2D eigenvalue weighted by molar-refractivity contribution is 0.0535. The van der Waals surface area contributed by atoms with Crippen molar-refractivity contribution >= 4 is 0 Å². The van der Waals surface area contributed by atoms with Gasteiger partial charge in [-0.3, -0.25) is 0 Å². The molecular formula is C10H22N2O. The molecule has 3 heteroatoms. The van der Waals surface area contributed by atoms with Crippen molar-refractivity contribution in [2.24, 2.45) is 0 Å². The number of hydrogen-bond donors (Lipinski definition) is 1. The van der Waals surface area contributed by atoms with Gasteiger partial charge in [0.15, 0.2) is 0 Å². The first kappa shape index (κ1) is 11.0. The zero-order valence-electron chi connectivity index (χ0n) is 8.72. The second-order valence-electron chi connectivity index (χ2n) is 3.66. The summed E-state index contributed by atoms with van der Waals surface area (Å²) in [5.74, 6) is 0. The van der Waals surface area contributed by atoms with E-state index in [4.69, 9.17) is 4.84 Å². The van der Waals surface area contributed by atoms with Crippen LogP contribution >= 0.6 is 0 Å². The van der Waals surface area contributed by atoms with Crippen LogP contribution in [0.4, 0.5) is 0 Å². The number of rotatable bonds is 6. The fourth-order valence-electron chi connectivity index (χ4n) is 1.79. The Hall–Kier alpha value is -0.120. The minimum Gasteiger partial charge on any atom is -0.303 e. The van der Waals surface area contributed by atoms with Crippen molar-refractivity contribution in [1.29, 1.82) is 0 Å². The van der Waals surface area contributed by atoms with Gasteiger partial charge in [0, 0.05) is 7.05 Å². The molecule has 0 aliphatic carbocycles. The predicted molar refractivity (Wildman–Crippen MR) is 54.5 cm³/mol. The Labute approximate surface area is 81.4 Å². The van der Waals surface area contributed by atoms with Crippen molar-refractivity contribution in [3.05, 3.63) is 0 Å². The van der Waals surface area contributed by atoms with Crippen LogP contribution in [0.25, 0.3) is 0 Å². The molecule has 0 saturated carbocycles. The third kappa shape index (κ3) is 5.24. The first-order chi connectivity index (χ1) is 6.43. The molecule has 0 amide bonds. The van der Waals surface area contributed by atoms with Gasteiger partial charge >= 0.3 is 0 Å². The Morgan fingerprint density at radius 2 is 1.92 bits per heavy atom. The first-order valence-electron chi connectivity index (χ1n) is 5.44. The third-order valence-corrected chi connectivity index (χ3v) is 2.56. The third-order valence-electron chi connectivity index (χ3n) is 2.56. The highest BCUT2D eigenvalue weighted by molar-refractivity contribution is 4.63. The Kier molecular flexibility index (Phi) is 6.15. The van der Waals surface area contributed by atoms with Gasteiger partial charge in [-0.2, -0.15) is 0 Å². The van der Waals surface area contributed by atoms with Crippen LogP contribution in [0.2, 0.25) is 0 Å². The summed E-state index contributed by atoms with van der Waals surface area (Å²) in [6.45, 7) is 4.72. The highest BCUT2D eigenvalue weighted by Crippen LogP contribution is 2.09. The topological polar surface area (TPSA) is 24.5 Å². The van der Waals surface area contributed by atoms with Gasteiger partial charge in [0.25, 0.3) is 0 Å². The SMILES string of the molecule is CNOCCCCN1CCCCC1. The fourth-order valence-corrected chi connectivity index (χ4v) is 1.79. The van der Waals surface area contributed by atoms with Gasteiger partial charge in [0.2, 0.25) is 0 Å². The Morgan fingerprint density at radius 3 is 2.62 bits per heavy atom. The van der Waals surface area contributed by atoms with Crippen molar-refractivity contribution < 1.29 is 4.84 Å². The molecule has 0 radical (unpaired) electrons. The second-order valence-corrected chi connectivity index (χ2v) is 3.66. The van der Waals surface area contributed by atoms with Gasteiger partial charge in [-0.15, -0.1) is 0 Å². The van der Waals surface area contributed by atoms with E-state index >= 15 is 0 Å². The average Bonchev–Trinajstić information content (AvgIpc) is 2.19. The summed E-state index contributed by atoms with van der Waals surface area (Å²) in [5, 5.41) is 0. The van der Waals surface area contributed by atoms with Crippen molar-refractivity contribution in [3.63, 3.8) is 0 Å². The largest absolute Gasteiger partial charge is 0.303 e. The Morgan fingerprint density at radius 1 is 1.15 bits per heavy atom. The van der Waals surface area contributed by atoms with Gasteiger partial charge in [0.1, 0.15) is 0 Å². The maximum atomic E-state index is 5.05. The fraction of sp³-hybridized carbons (Fsp3) is 1.00. The average molecular weight is 186 g/mol. The molecule has 1 N–H and O–H groups in total. The quantitative estimate of drug-likeness (QED) is 0.501. The van der Waals surface area contributed by atoms with Crippen molar-refractivity contribution in [1.82, 2.24) is 10.4 Å². The molecule has 1 aliphatic heterocycles. The van der Waals surface area contributed by atoms with E-state index in [1.165, 1.54) is 45.3 Å². The highest BCUT2D eigenvalue weighted by atomic mass is 16.6. The molecule has 13 heavy (non-hydrogen) atoms. The van der Waals surface area contributed by atoms with Gasteiger partial charge in [-0.05, 0) is 45.3 Å². The summed E-state index contributed by atoms with van der Waals surface area (Å²) in [6.07, 6.45) is 6.65. The molecule has 0 aromatic carbocycles. The van der Waals surface area contributed by atoms with E-state index in [1.807, 2.05) is 7.05 Å². The van der Waals surface area contributed by atoms with Crippen LogP contribution in [-0.4, -0.2) is 38.2 Å². The van der Waals surface area contributed by atoms with Crippen LogP contribution in [0.1, 0.15) is 32.1 Å². The zero-order valence-corrected chi connectivity index (χ0v) is 8.72. The van der Waals surface area contributed by atoms with E-state index in [1.54, 1.807) is 0 Å². The monoisotopic (exact) mass is 186 g/mol. The maximum Gasteiger partial charge on any atom is 0.0682 e. The number of likely N-dealkylation sites (tertiary alicyclic amines) is 1. The lowest BCUT2D eigenvalue weighted by Gasteiger charge is -2.26. The smallest absolute Gasteiger partial charge is 0.0682 e. The number of nitrogens with zero attached hydrogens (tertiary/aromatic N) is 1. The number of hydroxylamine groups is 1. The van der Waals surface area contributed by atoms with E-state index in [9.17, 15) is 0 Å². The standard InChI is InChI=1S/C10H22N2O/c1-11-13-10-6-5-9-12-7-3-2-4-8-12/h11H,2-10H2,1H3. The van der Waals surface area contributed by atoms with Crippen LogP contribution < -0.4 is 5.48 Å². The predicted octanol–water partition coefficient (Wildman–Crippen LogP) is 1.40. The van der Waals surface area contributed by atoms with Gasteiger partial charge < -0.3 is 9.74 Å². The molecule has 1 rings (SSSR count). The molecule has 3 nitrogen and oxygen atoms in total. The molecule has 0 aromatic heterocycles. The zero-order chi connectivity index (χ0) is 9.36. The minimum absolute atomic E-state index is 0.838. The van der Waals surface area contributed by atoms with Crippen LogP contribution in [-0.2, 0) is 4.84 Å². The molecule has 1 aliphatic rings. The molecule has 0 bridgehead atoms. The lowest BCUT2D eigenvalue weighted by atomic mass is 10.1. The molecule has 0 aromatic rings. The van der Waals surface area contributed by atoms with E-state index in [0.29, 0.717) is 0 Å². The molecular weight excluding hydrogens is 164 g/mol. The molecule has 0 atom stereocenters. The van der Waals surface area contributed by atoms with Crippen molar-refractivity contribution in [3.8, 4) is 0 Å². The van der Waals surface area contributed by atoms with Gasteiger partial charge in [-0.25, -0.2) is 5.48 Å². The summed E-state index contributed by atoms with van der Waals surface area (Å²) >= 11 is 0. The summed E-state index contributed by atoms with van der Waals surface area (Å²) in [6, 6.07) is 0. The lowest BCUT2D eigenvalue weighted by Crippen LogP contribution is -2.30. The number of piperidine rings is 1. The van der Waals surface area contributed by atoms with E-state index in [2.05, 4.69) is 10.4 Å². The van der Waals surface area contributed by atoms with Gasteiger partial charge in [0.05, 0.1) is 6.61 Å². The highest BCUT2D eigenvalue weighted by Gasteiger charge is 2.08. The van der Waals surface area contributed by atoms with Crippen LogP contribution in [0.3, 0.4) is 0 Å². The molecule has 78 valence electrons. The van der Waals surface area contributed by atoms with E-state index in [0.717, 1.165) is 13.0 Å². The molecule has 1 heterocycles. The van der Waals surface area contributed by atoms with Crippen LogP contribution in [0.15, 0.2) is 0 Å². The summed E-state index contributed by atoms with van der Waals surface area (Å²) in [5.41, 5.74) is 2.69. The van der Waals surface area contributed by atoms with Crippen LogP contribution in [0, 0.1) is 0 Å². The number of unbranched alkanes of at least 4 members (excludes halogenated alkanes) is 1. The van der Waals surface area contributed by atoms with Crippen molar-refractivity contribution in [2.75, 3.05) is 33.3 Å². The minimum atomic E-state index is 0.838. The maximum absolute atomic E-state index is 5.05. The molecule has 0 unspecified atom stereocenters. The molecule has 1 fully saturated rings.